The van der Waals surface area contributed by atoms with Crippen LogP contribution in [0.4, 0.5) is 17.8 Å². The van der Waals surface area contributed by atoms with Crippen LogP contribution < -0.4 is 27.0 Å². The molecule has 6 N–H and O–H groups in total. The highest BCUT2D eigenvalue weighted by atomic mass is 16.5. The van der Waals surface area contributed by atoms with Gasteiger partial charge in [0.05, 0.1) is 19.4 Å². The molecule has 0 radical (unpaired) electrons. The van der Waals surface area contributed by atoms with E-state index in [2.05, 4.69) is 30.5 Å². The fourth-order valence-corrected chi connectivity index (χ4v) is 1.80. The van der Waals surface area contributed by atoms with Crippen LogP contribution in [0, 0.1) is 0 Å². The lowest BCUT2D eigenvalue weighted by atomic mass is 10.4. The van der Waals surface area contributed by atoms with Crippen molar-refractivity contribution in [2.24, 2.45) is 11.5 Å². The minimum absolute atomic E-state index is 0.239. The van der Waals surface area contributed by atoms with Gasteiger partial charge in [0, 0.05) is 26.2 Å². The number of hydrogen-bond acceptors (Lipinski definition) is 9. The van der Waals surface area contributed by atoms with Crippen molar-refractivity contribution in [3.05, 3.63) is 0 Å². The molecule has 112 valence electrons. The lowest BCUT2D eigenvalue weighted by Crippen LogP contribution is -2.38. The zero-order chi connectivity index (χ0) is 14.4. The van der Waals surface area contributed by atoms with Gasteiger partial charge in [-0.25, -0.2) is 0 Å². The fourth-order valence-electron chi connectivity index (χ4n) is 1.80. The maximum Gasteiger partial charge on any atom is 0.232 e. The highest BCUT2D eigenvalue weighted by Gasteiger charge is 2.16. The summed E-state index contributed by atoms with van der Waals surface area (Å²) in [5, 5.41) is 6.05. The maximum atomic E-state index is 5.72. The van der Waals surface area contributed by atoms with E-state index >= 15 is 0 Å². The minimum atomic E-state index is -0.239. The Balaban J connectivity index is 2.19. The molecule has 1 aliphatic heterocycles. The molecule has 1 fully saturated rings. The fraction of sp³-hybridized carbons (Fsp3) is 0.727. The molecular weight excluding hydrogens is 260 g/mol. The molecular formula is C11H22N8O. The van der Waals surface area contributed by atoms with Crippen LogP contribution >= 0.6 is 0 Å². The maximum absolute atomic E-state index is 5.72. The number of anilines is 3. The summed E-state index contributed by atoms with van der Waals surface area (Å²) in [6.07, 6.45) is -0.239. The second kappa shape index (κ2) is 7.17. The summed E-state index contributed by atoms with van der Waals surface area (Å²) < 4.78 is 5.33. The molecule has 9 heteroatoms. The van der Waals surface area contributed by atoms with Gasteiger partial charge in [-0.1, -0.05) is 0 Å². The zero-order valence-corrected chi connectivity index (χ0v) is 11.7. The normalized spacial score (nSPS) is 16.9. The predicted molar refractivity (Wildman–Crippen MR) is 77.7 cm³/mol. The van der Waals surface area contributed by atoms with E-state index in [1.54, 1.807) is 0 Å². The Morgan fingerprint density at radius 3 is 2.60 bits per heavy atom. The van der Waals surface area contributed by atoms with Crippen molar-refractivity contribution in [1.29, 1.82) is 0 Å². The standard InChI is InChI=1S/C11H22N8O/c1-8(13)15-10-16-9(14-3-2-12)17-11(18-10)19-4-6-20-7-5-19/h8H,2-7,12-13H2,1H3,(H2,14,15,16,17,18). The number of hydrogen-bond donors (Lipinski definition) is 4. The van der Waals surface area contributed by atoms with E-state index in [4.69, 9.17) is 16.2 Å². The molecule has 0 saturated carbocycles. The lowest BCUT2D eigenvalue weighted by molar-refractivity contribution is 0.122. The van der Waals surface area contributed by atoms with Crippen LogP contribution in [0.2, 0.25) is 0 Å². The van der Waals surface area contributed by atoms with Gasteiger partial charge in [-0.05, 0) is 6.92 Å². The van der Waals surface area contributed by atoms with Crippen molar-refractivity contribution in [3.63, 3.8) is 0 Å². The van der Waals surface area contributed by atoms with Gasteiger partial charge in [0.2, 0.25) is 17.8 Å². The van der Waals surface area contributed by atoms with Crippen molar-refractivity contribution in [3.8, 4) is 0 Å². The number of nitrogens with two attached hydrogens (primary N) is 2. The number of ether oxygens (including phenoxy) is 1. The van der Waals surface area contributed by atoms with Gasteiger partial charge < -0.3 is 31.7 Å². The summed E-state index contributed by atoms with van der Waals surface area (Å²) in [4.78, 5) is 15.1. The molecule has 1 atom stereocenters. The smallest absolute Gasteiger partial charge is 0.232 e. The Labute approximate surface area is 118 Å². The quantitative estimate of drug-likeness (QED) is 0.475. The van der Waals surface area contributed by atoms with Crippen LogP contribution in [-0.2, 0) is 4.74 Å². The van der Waals surface area contributed by atoms with Crippen LogP contribution in [0.15, 0.2) is 0 Å². The summed E-state index contributed by atoms with van der Waals surface area (Å²) in [5.74, 6) is 1.57. The third-order valence-corrected chi connectivity index (χ3v) is 2.70. The lowest BCUT2D eigenvalue weighted by Gasteiger charge is -2.27. The Hall–Kier alpha value is -1.71. The molecule has 1 aromatic heterocycles. The first-order valence-corrected chi connectivity index (χ1v) is 6.74. The van der Waals surface area contributed by atoms with E-state index in [-0.39, 0.29) is 6.17 Å². The van der Waals surface area contributed by atoms with Crippen molar-refractivity contribution < 1.29 is 4.74 Å². The van der Waals surface area contributed by atoms with Gasteiger partial charge in [0.15, 0.2) is 0 Å². The Morgan fingerprint density at radius 2 is 1.95 bits per heavy atom. The summed E-state index contributed by atoms with van der Waals surface area (Å²) in [7, 11) is 0. The summed E-state index contributed by atoms with van der Waals surface area (Å²) in [5.41, 5.74) is 11.2. The Morgan fingerprint density at radius 1 is 1.25 bits per heavy atom. The number of aromatic nitrogens is 3. The van der Waals surface area contributed by atoms with Crippen LogP contribution in [-0.4, -0.2) is 60.5 Å². The molecule has 2 rings (SSSR count). The van der Waals surface area contributed by atoms with Gasteiger partial charge in [-0.15, -0.1) is 0 Å². The van der Waals surface area contributed by atoms with E-state index in [1.165, 1.54) is 0 Å². The monoisotopic (exact) mass is 282 g/mol. The molecule has 9 nitrogen and oxygen atoms in total. The molecule has 2 heterocycles. The average Bonchev–Trinajstić information content (AvgIpc) is 2.45. The number of nitrogens with one attached hydrogen (secondary N) is 2. The van der Waals surface area contributed by atoms with Crippen LogP contribution in [0.25, 0.3) is 0 Å². The van der Waals surface area contributed by atoms with E-state index in [0.717, 1.165) is 13.1 Å². The van der Waals surface area contributed by atoms with Gasteiger partial charge in [0.25, 0.3) is 0 Å². The SMILES string of the molecule is CC(N)Nc1nc(NCCN)nc(N2CCOCC2)n1. The zero-order valence-electron chi connectivity index (χ0n) is 11.7. The molecule has 1 unspecified atom stereocenters. The van der Waals surface area contributed by atoms with E-state index in [9.17, 15) is 0 Å². The van der Waals surface area contributed by atoms with Crippen molar-refractivity contribution in [2.45, 2.75) is 13.1 Å². The summed E-state index contributed by atoms with van der Waals surface area (Å²) >= 11 is 0. The molecule has 20 heavy (non-hydrogen) atoms. The molecule has 0 spiro atoms. The van der Waals surface area contributed by atoms with E-state index in [1.807, 2.05) is 6.92 Å². The van der Waals surface area contributed by atoms with Crippen molar-refractivity contribution in [1.82, 2.24) is 15.0 Å². The van der Waals surface area contributed by atoms with Gasteiger partial charge in [0.1, 0.15) is 0 Å². The number of nitrogens with zero attached hydrogens (tertiary/aromatic N) is 4. The second-order valence-electron chi connectivity index (χ2n) is 4.53. The summed E-state index contributed by atoms with van der Waals surface area (Å²) in [6.45, 7) is 5.81. The number of rotatable bonds is 6. The second-order valence-corrected chi connectivity index (χ2v) is 4.53. The highest BCUT2D eigenvalue weighted by molar-refractivity contribution is 5.44. The van der Waals surface area contributed by atoms with Crippen molar-refractivity contribution >= 4 is 17.8 Å². The van der Waals surface area contributed by atoms with Gasteiger partial charge in [-0.3, -0.25) is 0 Å². The number of morpholine rings is 1. The third-order valence-electron chi connectivity index (χ3n) is 2.70. The molecule has 0 bridgehead atoms. The third kappa shape index (κ3) is 4.15. The molecule has 0 amide bonds. The predicted octanol–water partition coefficient (Wildman–Crippen LogP) is -1.20. The molecule has 1 saturated heterocycles. The minimum Gasteiger partial charge on any atom is -0.378 e. The van der Waals surface area contributed by atoms with Crippen LogP contribution in [0.3, 0.4) is 0 Å². The first kappa shape index (κ1) is 14.7. The largest absolute Gasteiger partial charge is 0.378 e. The Bertz CT molecular complexity index is 421. The van der Waals surface area contributed by atoms with Gasteiger partial charge in [-0.2, -0.15) is 15.0 Å². The summed E-state index contributed by atoms with van der Waals surface area (Å²) in [6, 6.07) is 0. The molecule has 1 aromatic rings. The molecule has 1 aliphatic rings. The van der Waals surface area contributed by atoms with Crippen LogP contribution in [0.1, 0.15) is 6.92 Å². The van der Waals surface area contributed by atoms with Crippen molar-refractivity contribution in [2.75, 3.05) is 54.9 Å². The first-order chi connectivity index (χ1) is 9.69. The first-order valence-electron chi connectivity index (χ1n) is 6.74. The Kier molecular flexibility index (Phi) is 5.27. The molecule has 0 aromatic carbocycles. The highest BCUT2D eigenvalue weighted by Crippen LogP contribution is 2.15. The van der Waals surface area contributed by atoms with E-state index in [0.29, 0.717) is 44.1 Å². The topological polar surface area (TPSA) is 127 Å². The van der Waals surface area contributed by atoms with Gasteiger partial charge >= 0.3 is 0 Å². The average molecular weight is 282 g/mol. The van der Waals surface area contributed by atoms with E-state index < -0.39 is 0 Å². The molecule has 0 aliphatic carbocycles. The van der Waals surface area contributed by atoms with Crippen LogP contribution in [0.5, 0.6) is 0 Å².